The molecule has 0 radical (unpaired) electrons. The Kier molecular flexibility index (Phi) is 4.77. The number of hydrogen-bond donors (Lipinski definition) is 1. The third-order valence-electron chi connectivity index (χ3n) is 5.91. The summed E-state index contributed by atoms with van der Waals surface area (Å²) in [6.45, 7) is 2.05. The lowest BCUT2D eigenvalue weighted by molar-refractivity contribution is 0.768. The molecule has 0 aliphatic heterocycles. The summed E-state index contributed by atoms with van der Waals surface area (Å²) >= 11 is 1.57. The number of para-hydroxylation sites is 1. The number of aryl methyl sites for hydroxylation is 1. The Bertz CT molecular complexity index is 1690. The first-order chi connectivity index (χ1) is 16.6. The molecule has 0 saturated heterocycles. The lowest BCUT2D eigenvalue weighted by Gasteiger charge is -2.21. The molecule has 168 valence electrons. The highest BCUT2D eigenvalue weighted by Crippen LogP contribution is 2.34. The van der Waals surface area contributed by atoms with Gasteiger partial charge in [-0.05, 0) is 31.2 Å². The highest BCUT2D eigenvalue weighted by Gasteiger charge is 2.21. The van der Waals surface area contributed by atoms with E-state index in [1.807, 2.05) is 61.2 Å². The van der Waals surface area contributed by atoms with Crippen LogP contribution < -0.4 is 10.9 Å². The maximum Gasteiger partial charge on any atom is 0.264 e. The Labute approximate surface area is 198 Å². The van der Waals surface area contributed by atoms with Crippen molar-refractivity contribution in [1.82, 2.24) is 28.9 Å². The predicted octanol–water partition coefficient (Wildman–Crippen LogP) is 4.67. The van der Waals surface area contributed by atoms with Crippen molar-refractivity contribution in [3.8, 4) is 16.8 Å². The van der Waals surface area contributed by atoms with Crippen LogP contribution in [0.25, 0.3) is 32.5 Å². The Morgan fingerprint density at radius 2 is 1.94 bits per heavy atom. The fraction of sp³-hybridized carbons (Fsp3) is 0.120. The molecule has 0 amide bonds. The topological polar surface area (TPSA) is 82.0 Å². The maximum absolute atomic E-state index is 14.0. The monoisotopic (exact) mass is 467 g/mol. The van der Waals surface area contributed by atoms with Crippen LogP contribution in [0.2, 0.25) is 0 Å². The molecule has 0 saturated carbocycles. The summed E-state index contributed by atoms with van der Waals surface area (Å²) in [4.78, 5) is 18.4. The summed E-state index contributed by atoms with van der Waals surface area (Å²) in [5.74, 6) is 0. The second kappa shape index (κ2) is 7.96. The zero-order valence-corrected chi connectivity index (χ0v) is 19.4. The third kappa shape index (κ3) is 3.29. The molecule has 5 aromatic heterocycles. The second-order valence-corrected chi connectivity index (χ2v) is 9.05. The van der Waals surface area contributed by atoms with Gasteiger partial charge in [-0.3, -0.25) is 14.0 Å². The fourth-order valence-electron chi connectivity index (χ4n) is 4.32. The summed E-state index contributed by atoms with van der Waals surface area (Å²) in [5.41, 5.74) is 5.06. The van der Waals surface area contributed by atoms with Gasteiger partial charge < -0.3 is 5.32 Å². The van der Waals surface area contributed by atoms with Crippen LogP contribution >= 0.6 is 11.3 Å². The van der Waals surface area contributed by atoms with E-state index in [9.17, 15) is 4.79 Å². The van der Waals surface area contributed by atoms with E-state index in [1.165, 1.54) is 0 Å². The molecule has 5 heterocycles. The number of nitrogens with zero attached hydrogens (tertiary/aromatic N) is 6. The van der Waals surface area contributed by atoms with E-state index in [1.54, 1.807) is 43.7 Å². The zero-order chi connectivity index (χ0) is 23.2. The minimum atomic E-state index is -0.177. The van der Waals surface area contributed by atoms with Crippen LogP contribution in [-0.4, -0.2) is 28.9 Å². The number of aromatic nitrogens is 6. The Balaban J connectivity index is 1.55. The van der Waals surface area contributed by atoms with Crippen molar-refractivity contribution in [2.24, 2.45) is 7.05 Å². The Morgan fingerprint density at radius 3 is 2.74 bits per heavy atom. The van der Waals surface area contributed by atoms with Gasteiger partial charge in [-0.2, -0.15) is 10.2 Å². The molecule has 0 bridgehead atoms. The average Bonchev–Trinajstić information content (AvgIpc) is 3.59. The van der Waals surface area contributed by atoms with Crippen LogP contribution in [0, 0.1) is 0 Å². The molecule has 9 heteroatoms. The van der Waals surface area contributed by atoms with E-state index < -0.39 is 0 Å². The van der Waals surface area contributed by atoms with E-state index in [2.05, 4.69) is 33.5 Å². The Hall–Kier alpha value is -4.24. The first kappa shape index (κ1) is 20.4. The van der Waals surface area contributed by atoms with Crippen molar-refractivity contribution in [3.63, 3.8) is 0 Å². The van der Waals surface area contributed by atoms with Crippen molar-refractivity contribution in [1.29, 1.82) is 0 Å². The van der Waals surface area contributed by atoms with Crippen LogP contribution in [0.1, 0.15) is 18.7 Å². The number of imidazole rings is 1. The first-order valence-electron chi connectivity index (χ1n) is 10.9. The minimum absolute atomic E-state index is 0.0480. The number of anilines is 1. The van der Waals surface area contributed by atoms with Gasteiger partial charge in [-0.25, -0.2) is 9.50 Å². The molecule has 6 aromatic rings. The number of fused-ring (bicyclic) bond motifs is 2. The molecule has 0 aliphatic rings. The van der Waals surface area contributed by atoms with Gasteiger partial charge in [0, 0.05) is 58.2 Å². The summed E-state index contributed by atoms with van der Waals surface area (Å²) < 4.78 is 6.22. The highest BCUT2D eigenvalue weighted by molar-refractivity contribution is 7.17. The molecule has 8 nitrogen and oxygen atoms in total. The van der Waals surface area contributed by atoms with E-state index in [-0.39, 0.29) is 11.6 Å². The average molecular weight is 468 g/mol. The maximum atomic E-state index is 14.0. The van der Waals surface area contributed by atoms with Crippen LogP contribution in [0.15, 0.2) is 83.6 Å². The lowest BCUT2D eigenvalue weighted by atomic mass is 10.1. The molecule has 1 atom stereocenters. The normalized spacial score (nSPS) is 12.4. The van der Waals surface area contributed by atoms with Crippen LogP contribution in [0.5, 0.6) is 0 Å². The van der Waals surface area contributed by atoms with Crippen LogP contribution in [0.3, 0.4) is 0 Å². The third-order valence-corrected chi connectivity index (χ3v) is 6.84. The van der Waals surface area contributed by atoms with Gasteiger partial charge in [0.25, 0.3) is 5.56 Å². The fourth-order valence-corrected chi connectivity index (χ4v) is 5.32. The lowest BCUT2D eigenvalue weighted by Crippen LogP contribution is -2.25. The summed E-state index contributed by atoms with van der Waals surface area (Å²) in [6, 6.07) is 13.6. The van der Waals surface area contributed by atoms with E-state index in [0.29, 0.717) is 5.39 Å². The van der Waals surface area contributed by atoms with Crippen LogP contribution in [-0.2, 0) is 7.05 Å². The number of thiophene rings is 1. The van der Waals surface area contributed by atoms with Crippen molar-refractivity contribution >= 4 is 32.8 Å². The second-order valence-electron chi connectivity index (χ2n) is 8.14. The number of rotatable bonds is 5. The molecular weight excluding hydrogens is 446 g/mol. The first-order valence-corrected chi connectivity index (χ1v) is 11.7. The van der Waals surface area contributed by atoms with Gasteiger partial charge >= 0.3 is 0 Å². The molecule has 0 aliphatic carbocycles. The predicted molar refractivity (Wildman–Crippen MR) is 135 cm³/mol. The SMILES string of the molecule is C[C@H](Nc1ccnn2ccnc12)c1cc2scc(-c3cnn(C)c3)c2c(=O)n1-c1ccccc1. The van der Waals surface area contributed by atoms with Gasteiger partial charge in [-0.15, -0.1) is 11.3 Å². The largest absolute Gasteiger partial charge is 0.374 e. The summed E-state index contributed by atoms with van der Waals surface area (Å²) in [5, 5.41) is 14.9. The standard InChI is InChI=1S/C25H21N7OS/c1-16(29-20-8-9-27-31-11-10-26-24(20)31)21-12-22-23(19(15-34-22)17-13-28-30(2)14-17)25(33)32(21)18-6-4-3-5-7-18/h3-16,29H,1-2H3/t16-/m0/s1. The van der Waals surface area contributed by atoms with Gasteiger partial charge in [0.15, 0.2) is 5.65 Å². The van der Waals surface area contributed by atoms with Crippen molar-refractivity contribution in [2.45, 2.75) is 13.0 Å². The van der Waals surface area contributed by atoms with E-state index in [4.69, 9.17) is 0 Å². The van der Waals surface area contributed by atoms with Crippen LogP contribution in [0.4, 0.5) is 5.69 Å². The molecule has 0 spiro atoms. The van der Waals surface area contributed by atoms with Crippen molar-refractivity contribution < 1.29 is 0 Å². The van der Waals surface area contributed by atoms with Crippen molar-refractivity contribution in [2.75, 3.05) is 5.32 Å². The number of hydrogen-bond acceptors (Lipinski definition) is 6. The van der Waals surface area contributed by atoms with E-state index >= 15 is 0 Å². The van der Waals surface area contributed by atoms with Gasteiger partial charge in [0.1, 0.15) is 0 Å². The number of pyridine rings is 1. The Morgan fingerprint density at radius 1 is 1.09 bits per heavy atom. The molecular formula is C25H21N7OS. The number of nitrogens with one attached hydrogen (secondary N) is 1. The molecule has 1 aromatic carbocycles. The minimum Gasteiger partial charge on any atom is -0.374 e. The van der Waals surface area contributed by atoms with Crippen molar-refractivity contribution in [3.05, 3.63) is 94.9 Å². The molecule has 6 rings (SSSR count). The summed E-state index contributed by atoms with van der Waals surface area (Å²) in [6.07, 6.45) is 8.99. The molecule has 34 heavy (non-hydrogen) atoms. The molecule has 0 unspecified atom stereocenters. The quantitative estimate of drug-likeness (QED) is 0.399. The molecule has 0 fully saturated rings. The highest BCUT2D eigenvalue weighted by atomic mass is 32.1. The van der Waals surface area contributed by atoms with E-state index in [0.717, 1.165) is 38.5 Å². The zero-order valence-electron chi connectivity index (χ0n) is 18.6. The number of benzene rings is 1. The van der Waals surface area contributed by atoms with Gasteiger partial charge in [0.05, 0.1) is 29.5 Å². The van der Waals surface area contributed by atoms with Gasteiger partial charge in [0.2, 0.25) is 0 Å². The van der Waals surface area contributed by atoms with Gasteiger partial charge in [-0.1, -0.05) is 18.2 Å². The smallest absolute Gasteiger partial charge is 0.264 e. The summed E-state index contributed by atoms with van der Waals surface area (Å²) in [7, 11) is 1.88. The molecule has 1 N–H and O–H groups in total.